The van der Waals surface area contributed by atoms with E-state index in [1.807, 2.05) is 6.92 Å². The van der Waals surface area contributed by atoms with E-state index in [4.69, 9.17) is 10.5 Å². The van der Waals surface area contributed by atoms with Crippen molar-refractivity contribution >= 4 is 9.84 Å². The molecule has 0 fully saturated rings. The highest BCUT2D eigenvalue weighted by atomic mass is 32.2. The Morgan fingerprint density at radius 2 is 1.87 bits per heavy atom. The predicted molar refractivity (Wildman–Crippen MR) is 62.6 cm³/mol. The second kappa shape index (κ2) is 5.27. The van der Waals surface area contributed by atoms with Gasteiger partial charge in [-0.15, -0.1) is 0 Å². The molecule has 0 spiro atoms. The lowest BCUT2D eigenvalue weighted by Crippen LogP contribution is -2.52. The highest BCUT2D eigenvalue weighted by Gasteiger charge is 2.39. The third-order valence-corrected chi connectivity index (χ3v) is 5.33. The number of ether oxygens (including phenoxy) is 1. The molecular formula is C10H23NO3S. The van der Waals surface area contributed by atoms with E-state index in [0.29, 0.717) is 6.61 Å². The zero-order chi connectivity index (χ0) is 12.3. The normalized spacial score (nSPS) is 17.5. The predicted octanol–water partition coefficient (Wildman–Crippen LogP) is 0.809. The van der Waals surface area contributed by atoms with Gasteiger partial charge in [0.25, 0.3) is 0 Å². The molecular weight excluding hydrogens is 214 g/mol. The first-order valence-corrected chi connectivity index (χ1v) is 6.97. The van der Waals surface area contributed by atoms with Gasteiger partial charge in [-0.1, -0.05) is 6.92 Å². The average Bonchev–Trinajstić information content (AvgIpc) is 2.10. The molecule has 0 bridgehead atoms. The minimum atomic E-state index is -3.14. The van der Waals surface area contributed by atoms with E-state index in [9.17, 15) is 8.42 Å². The van der Waals surface area contributed by atoms with Crippen molar-refractivity contribution in [3.63, 3.8) is 0 Å². The van der Waals surface area contributed by atoms with Crippen molar-refractivity contribution in [2.75, 3.05) is 20.0 Å². The zero-order valence-corrected chi connectivity index (χ0v) is 11.1. The molecule has 4 nitrogen and oxygen atoms in total. The maximum atomic E-state index is 11.6. The fourth-order valence-corrected chi connectivity index (χ4v) is 2.14. The van der Waals surface area contributed by atoms with Gasteiger partial charge in [0.15, 0.2) is 9.84 Å². The lowest BCUT2D eigenvalue weighted by Gasteiger charge is -2.33. The van der Waals surface area contributed by atoms with Gasteiger partial charge in [-0.25, -0.2) is 8.42 Å². The van der Waals surface area contributed by atoms with E-state index in [0.717, 1.165) is 6.42 Å². The SMILES string of the molecule is COCCC(C)C(N)C(C)(C)S(C)(=O)=O. The Kier molecular flexibility index (Phi) is 5.23. The van der Waals surface area contributed by atoms with Crippen LogP contribution in [0.1, 0.15) is 27.2 Å². The number of sulfone groups is 1. The molecule has 0 rings (SSSR count). The van der Waals surface area contributed by atoms with Crippen LogP contribution >= 0.6 is 0 Å². The molecule has 92 valence electrons. The van der Waals surface area contributed by atoms with Gasteiger partial charge >= 0.3 is 0 Å². The third kappa shape index (κ3) is 3.74. The van der Waals surface area contributed by atoms with Crippen LogP contribution in [0.25, 0.3) is 0 Å². The van der Waals surface area contributed by atoms with Crippen LogP contribution in [0.15, 0.2) is 0 Å². The minimum Gasteiger partial charge on any atom is -0.385 e. The van der Waals surface area contributed by atoms with E-state index in [1.54, 1.807) is 21.0 Å². The number of methoxy groups -OCH3 is 1. The number of hydrogen-bond acceptors (Lipinski definition) is 4. The van der Waals surface area contributed by atoms with Crippen LogP contribution < -0.4 is 5.73 Å². The zero-order valence-electron chi connectivity index (χ0n) is 10.3. The molecule has 2 atom stereocenters. The summed E-state index contributed by atoms with van der Waals surface area (Å²) in [6.07, 6.45) is 2.01. The number of nitrogens with two attached hydrogens (primary N) is 1. The molecule has 0 heterocycles. The summed E-state index contributed by atoms with van der Waals surface area (Å²) >= 11 is 0. The molecule has 0 aromatic carbocycles. The summed E-state index contributed by atoms with van der Waals surface area (Å²) in [6.45, 7) is 5.91. The lowest BCUT2D eigenvalue weighted by molar-refractivity contribution is 0.170. The smallest absolute Gasteiger partial charge is 0.154 e. The van der Waals surface area contributed by atoms with E-state index in [-0.39, 0.29) is 12.0 Å². The fraction of sp³-hybridized carbons (Fsp3) is 1.00. The minimum absolute atomic E-state index is 0.120. The molecule has 2 N–H and O–H groups in total. The molecule has 0 aliphatic carbocycles. The first kappa shape index (κ1) is 14.9. The third-order valence-electron chi connectivity index (χ3n) is 3.15. The highest BCUT2D eigenvalue weighted by Crippen LogP contribution is 2.25. The quantitative estimate of drug-likeness (QED) is 0.742. The van der Waals surface area contributed by atoms with Gasteiger partial charge in [-0.05, 0) is 26.2 Å². The van der Waals surface area contributed by atoms with Crippen LogP contribution in [0, 0.1) is 5.92 Å². The molecule has 15 heavy (non-hydrogen) atoms. The number of rotatable bonds is 6. The summed E-state index contributed by atoms with van der Waals surface area (Å²) in [5.74, 6) is 0.120. The maximum Gasteiger partial charge on any atom is 0.154 e. The van der Waals surface area contributed by atoms with Crippen molar-refractivity contribution in [2.45, 2.75) is 38.0 Å². The van der Waals surface area contributed by atoms with Crippen LogP contribution in [0.3, 0.4) is 0 Å². The highest BCUT2D eigenvalue weighted by molar-refractivity contribution is 7.92. The van der Waals surface area contributed by atoms with Crippen molar-refractivity contribution in [3.05, 3.63) is 0 Å². The van der Waals surface area contributed by atoms with Crippen molar-refractivity contribution in [1.82, 2.24) is 0 Å². The van der Waals surface area contributed by atoms with E-state index >= 15 is 0 Å². The van der Waals surface area contributed by atoms with E-state index in [1.165, 1.54) is 6.26 Å². The van der Waals surface area contributed by atoms with Gasteiger partial charge in [-0.2, -0.15) is 0 Å². The number of hydrogen-bond donors (Lipinski definition) is 1. The Labute approximate surface area is 93.1 Å². The van der Waals surface area contributed by atoms with Gasteiger partial charge in [0.2, 0.25) is 0 Å². The summed E-state index contributed by atoms with van der Waals surface area (Å²) in [7, 11) is -1.51. The molecule has 0 saturated carbocycles. The second-order valence-electron chi connectivity index (χ2n) is 4.66. The Bertz CT molecular complexity index is 285. The first-order valence-electron chi connectivity index (χ1n) is 5.08. The van der Waals surface area contributed by atoms with Gasteiger partial charge in [-0.3, -0.25) is 0 Å². The standard InChI is InChI=1S/C10H23NO3S/c1-8(6-7-14-4)9(11)10(2,3)15(5,12)13/h8-9H,6-7,11H2,1-5H3. The summed E-state index contributed by atoms with van der Waals surface area (Å²) in [5.41, 5.74) is 5.99. The molecule has 0 aliphatic rings. The van der Waals surface area contributed by atoms with Gasteiger partial charge in [0.1, 0.15) is 0 Å². The van der Waals surface area contributed by atoms with Crippen LogP contribution in [-0.4, -0.2) is 39.2 Å². The summed E-state index contributed by atoms with van der Waals surface area (Å²) in [5, 5.41) is 0. The molecule has 0 aliphatic heterocycles. The van der Waals surface area contributed by atoms with Gasteiger partial charge < -0.3 is 10.5 Å². The maximum absolute atomic E-state index is 11.6. The largest absolute Gasteiger partial charge is 0.385 e. The van der Waals surface area contributed by atoms with Crippen LogP contribution in [-0.2, 0) is 14.6 Å². The lowest BCUT2D eigenvalue weighted by atomic mass is 9.90. The second-order valence-corrected chi connectivity index (χ2v) is 7.26. The molecule has 0 radical (unpaired) electrons. The molecule has 0 aromatic rings. The van der Waals surface area contributed by atoms with E-state index in [2.05, 4.69) is 0 Å². The van der Waals surface area contributed by atoms with Crippen molar-refractivity contribution < 1.29 is 13.2 Å². The van der Waals surface area contributed by atoms with Gasteiger partial charge in [0, 0.05) is 26.0 Å². The van der Waals surface area contributed by atoms with E-state index < -0.39 is 14.6 Å². The van der Waals surface area contributed by atoms with Crippen LogP contribution in [0.2, 0.25) is 0 Å². The topological polar surface area (TPSA) is 69.4 Å². The first-order chi connectivity index (χ1) is 6.64. The average molecular weight is 237 g/mol. The molecule has 0 saturated heterocycles. The van der Waals surface area contributed by atoms with Crippen molar-refractivity contribution in [1.29, 1.82) is 0 Å². The summed E-state index contributed by atoms with van der Waals surface area (Å²) in [4.78, 5) is 0. The molecule has 0 amide bonds. The Morgan fingerprint density at radius 1 is 1.40 bits per heavy atom. The molecule has 5 heteroatoms. The fourth-order valence-electron chi connectivity index (χ4n) is 1.42. The Hall–Kier alpha value is -0.130. The van der Waals surface area contributed by atoms with Gasteiger partial charge in [0.05, 0.1) is 4.75 Å². The summed E-state index contributed by atoms with van der Waals surface area (Å²) in [6, 6.07) is -0.373. The van der Waals surface area contributed by atoms with Crippen molar-refractivity contribution in [2.24, 2.45) is 11.7 Å². The molecule has 0 aromatic heterocycles. The van der Waals surface area contributed by atoms with Crippen LogP contribution in [0.5, 0.6) is 0 Å². The molecule has 2 unspecified atom stereocenters. The van der Waals surface area contributed by atoms with Crippen LogP contribution in [0.4, 0.5) is 0 Å². The summed E-state index contributed by atoms with van der Waals surface area (Å²) < 4.78 is 27.2. The monoisotopic (exact) mass is 237 g/mol. The Morgan fingerprint density at radius 3 is 2.20 bits per heavy atom. The van der Waals surface area contributed by atoms with Crippen molar-refractivity contribution in [3.8, 4) is 0 Å². The Balaban J connectivity index is 4.62.